The Labute approximate surface area is 108 Å². The highest BCUT2D eigenvalue weighted by molar-refractivity contribution is 6.36. The molecule has 17 heavy (non-hydrogen) atoms. The van der Waals surface area contributed by atoms with E-state index in [9.17, 15) is 4.79 Å². The van der Waals surface area contributed by atoms with Crippen LogP contribution in [0.15, 0.2) is 0 Å². The lowest BCUT2D eigenvalue weighted by Gasteiger charge is -2.28. The summed E-state index contributed by atoms with van der Waals surface area (Å²) in [6.07, 6.45) is 5.25. The number of esters is 1. The van der Waals surface area contributed by atoms with Gasteiger partial charge >= 0.3 is 5.97 Å². The Morgan fingerprint density at radius 2 is 2.29 bits per heavy atom. The summed E-state index contributed by atoms with van der Waals surface area (Å²) in [6.45, 7) is 4.45. The SMILES string of the molecule is COC(=O)C1(Cl)OC12CCCC(CC(C)C)C2. The molecule has 2 fully saturated rings. The van der Waals surface area contributed by atoms with Crippen LogP contribution in [0.25, 0.3) is 0 Å². The van der Waals surface area contributed by atoms with Crippen LogP contribution in [0.5, 0.6) is 0 Å². The summed E-state index contributed by atoms with van der Waals surface area (Å²) < 4.78 is 10.3. The number of halogens is 1. The van der Waals surface area contributed by atoms with Crippen molar-refractivity contribution in [1.29, 1.82) is 0 Å². The Balaban J connectivity index is 2.01. The first-order valence-electron chi connectivity index (χ1n) is 6.41. The molecule has 3 atom stereocenters. The number of carbonyl (C=O) groups excluding carboxylic acids is 1. The molecular formula is C13H21ClO3. The second-order valence-electron chi connectivity index (χ2n) is 5.78. The smallest absolute Gasteiger partial charge is 0.357 e. The molecule has 1 saturated carbocycles. The molecule has 1 saturated heterocycles. The molecule has 0 amide bonds. The third-order valence-corrected chi connectivity index (χ3v) is 4.52. The fourth-order valence-electron chi connectivity index (χ4n) is 3.20. The van der Waals surface area contributed by atoms with Gasteiger partial charge in [-0.2, -0.15) is 0 Å². The summed E-state index contributed by atoms with van der Waals surface area (Å²) in [5.41, 5.74) is -0.445. The van der Waals surface area contributed by atoms with Gasteiger partial charge in [-0.15, -0.1) is 0 Å². The third kappa shape index (κ3) is 2.19. The molecule has 2 rings (SSSR count). The van der Waals surface area contributed by atoms with Crippen molar-refractivity contribution in [3.8, 4) is 0 Å². The molecule has 0 aromatic heterocycles. The molecule has 2 aliphatic rings. The number of hydrogen-bond acceptors (Lipinski definition) is 3. The Morgan fingerprint density at radius 1 is 1.59 bits per heavy atom. The topological polar surface area (TPSA) is 38.8 Å². The minimum Gasteiger partial charge on any atom is -0.466 e. The van der Waals surface area contributed by atoms with Crippen LogP contribution in [-0.4, -0.2) is 23.7 Å². The number of epoxide rings is 1. The van der Waals surface area contributed by atoms with Crippen LogP contribution in [0.1, 0.15) is 46.0 Å². The van der Waals surface area contributed by atoms with Crippen molar-refractivity contribution < 1.29 is 14.3 Å². The van der Waals surface area contributed by atoms with Crippen LogP contribution in [0, 0.1) is 11.8 Å². The fraction of sp³-hybridized carbons (Fsp3) is 0.923. The van der Waals surface area contributed by atoms with E-state index in [-0.39, 0.29) is 0 Å². The molecule has 1 heterocycles. The van der Waals surface area contributed by atoms with E-state index in [0.29, 0.717) is 11.8 Å². The maximum absolute atomic E-state index is 11.6. The van der Waals surface area contributed by atoms with Gasteiger partial charge in [0.2, 0.25) is 0 Å². The summed E-state index contributed by atoms with van der Waals surface area (Å²) >= 11 is 6.24. The van der Waals surface area contributed by atoms with Gasteiger partial charge in [-0.3, -0.25) is 0 Å². The number of ether oxygens (including phenoxy) is 2. The molecule has 4 heteroatoms. The molecule has 0 radical (unpaired) electrons. The number of carbonyl (C=O) groups is 1. The molecule has 0 N–H and O–H groups in total. The van der Waals surface area contributed by atoms with Crippen molar-refractivity contribution in [2.24, 2.45) is 11.8 Å². The summed E-state index contributed by atoms with van der Waals surface area (Å²) in [7, 11) is 1.36. The Bertz CT molecular complexity index is 318. The zero-order valence-electron chi connectivity index (χ0n) is 10.8. The lowest BCUT2D eigenvalue weighted by molar-refractivity contribution is -0.143. The Morgan fingerprint density at radius 3 is 2.88 bits per heavy atom. The van der Waals surface area contributed by atoms with E-state index in [1.807, 2.05) is 0 Å². The highest BCUT2D eigenvalue weighted by Gasteiger charge is 2.75. The van der Waals surface area contributed by atoms with Gasteiger partial charge in [-0.05, 0) is 31.1 Å². The van der Waals surface area contributed by atoms with Gasteiger partial charge in [0.15, 0.2) is 0 Å². The zero-order chi connectivity index (χ0) is 12.7. The van der Waals surface area contributed by atoms with Crippen LogP contribution in [0.4, 0.5) is 0 Å². The highest BCUT2D eigenvalue weighted by atomic mass is 35.5. The molecule has 0 aromatic rings. The van der Waals surface area contributed by atoms with Crippen molar-refractivity contribution in [3.63, 3.8) is 0 Å². The fourth-order valence-corrected chi connectivity index (χ4v) is 3.60. The predicted octanol–water partition coefficient (Wildman–Crippen LogP) is 3.10. The monoisotopic (exact) mass is 260 g/mol. The van der Waals surface area contributed by atoms with Gasteiger partial charge in [0, 0.05) is 0 Å². The van der Waals surface area contributed by atoms with Gasteiger partial charge < -0.3 is 9.47 Å². The van der Waals surface area contributed by atoms with Gasteiger partial charge in [-0.1, -0.05) is 38.3 Å². The second-order valence-corrected chi connectivity index (χ2v) is 6.31. The first-order chi connectivity index (χ1) is 7.93. The van der Waals surface area contributed by atoms with Crippen molar-refractivity contribution >= 4 is 17.6 Å². The lowest BCUT2D eigenvalue weighted by Crippen LogP contribution is -2.34. The van der Waals surface area contributed by atoms with Crippen LogP contribution < -0.4 is 0 Å². The molecule has 98 valence electrons. The van der Waals surface area contributed by atoms with E-state index in [4.69, 9.17) is 21.1 Å². The third-order valence-electron chi connectivity index (χ3n) is 3.94. The molecule has 0 bridgehead atoms. The van der Waals surface area contributed by atoms with Crippen LogP contribution in [-0.2, 0) is 14.3 Å². The van der Waals surface area contributed by atoms with Crippen LogP contribution in [0.3, 0.4) is 0 Å². The maximum atomic E-state index is 11.6. The van der Waals surface area contributed by atoms with Gasteiger partial charge in [0.25, 0.3) is 5.06 Å². The number of rotatable bonds is 3. The average molecular weight is 261 g/mol. The summed E-state index contributed by atoms with van der Waals surface area (Å²) in [4.78, 5) is 11.6. The van der Waals surface area contributed by atoms with E-state index in [2.05, 4.69) is 13.8 Å². The quantitative estimate of drug-likeness (QED) is 0.445. The molecule has 1 aliphatic carbocycles. The lowest BCUT2D eigenvalue weighted by atomic mass is 9.76. The van der Waals surface area contributed by atoms with E-state index >= 15 is 0 Å². The van der Waals surface area contributed by atoms with Gasteiger partial charge in [0.05, 0.1) is 7.11 Å². The van der Waals surface area contributed by atoms with Crippen molar-refractivity contribution in [2.75, 3.05) is 7.11 Å². The molecular weight excluding hydrogens is 240 g/mol. The highest BCUT2D eigenvalue weighted by Crippen LogP contribution is 2.61. The van der Waals surface area contributed by atoms with Gasteiger partial charge in [-0.25, -0.2) is 4.79 Å². The standard InChI is InChI=1S/C13H21ClO3/c1-9(2)7-10-5-4-6-12(8-10)13(14,17-12)11(15)16-3/h9-10H,4-8H2,1-3H3. The first-order valence-corrected chi connectivity index (χ1v) is 6.79. The normalized spacial score (nSPS) is 40.6. The molecule has 0 aromatic carbocycles. The van der Waals surface area contributed by atoms with Crippen molar-refractivity contribution in [3.05, 3.63) is 0 Å². The largest absolute Gasteiger partial charge is 0.466 e. The molecule has 3 unspecified atom stereocenters. The van der Waals surface area contributed by atoms with E-state index in [1.165, 1.54) is 20.0 Å². The van der Waals surface area contributed by atoms with Crippen LogP contribution >= 0.6 is 11.6 Å². The summed E-state index contributed by atoms with van der Waals surface area (Å²) in [5.74, 6) is 0.857. The minimum absolute atomic E-state index is 0.440. The number of alkyl halides is 1. The van der Waals surface area contributed by atoms with Crippen molar-refractivity contribution in [2.45, 2.75) is 56.6 Å². The average Bonchev–Trinajstić information content (AvgIpc) is 2.82. The summed E-state index contributed by atoms with van der Waals surface area (Å²) in [6, 6.07) is 0. The first kappa shape index (κ1) is 13.2. The van der Waals surface area contributed by atoms with Gasteiger partial charge in [0.1, 0.15) is 5.60 Å². The molecule has 1 aliphatic heterocycles. The molecule has 1 spiro atoms. The molecule has 3 nitrogen and oxygen atoms in total. The van der Waals surface area contributed by atoms with E-state index in [1.54, 1.807) is 0 Å². The maximum Gasteiger partial charge on any atom is 0.357 e. The van der Waals surface area contributed by atoms with E-state index in [0.717, 1.165) is 19.3 Å². The Kier molecular flexibility index (Phi) is 3.43. The minimum atomic E-state index is -1.20. The van der Waals surface area contributed by atoms with E-state index < -0.39 is 16.6 Å². The Hall–Kier alpha value is -0.280. The zero-order valence-corrected chi connectivity index (χ0v) is 11.5. The summed E-state index contributed by atoms with van der Waals surface area (Å²) in [5, 5.41) is -1.20. The van der Waals surface area contributed by atoms with Crippen molar-refractivity contribution in [1.82, 2.24) is 0 Å². The predicted molar refractivity (Wildman–Crippen MR) is 65.8 cm³/mol. The second kappa shape index (κ2) is 4.43. The number of hydrogen-bond donors (Lipinski definition) is 0. The number of methoxy groups -OCH3 is 1. The van der Waals surface area contributed by atoms with Crippen LogP contribution in [0.2, 0.25) is 0 Å².